The summed E-state index contributed by atoms with van der Waals surface area (Å²) in [4.78, 5) is 17.9. The molecule has 0 radical (unpaired) electrons. The maximum atomic E-state index is 12.3. The second kappa shape index (κ2) is 5.85. The molecule has 1 N–H and O–H groups in total. The first kappa shape index (κ1) is 14.1. The van der Waals surface area contributed by atoms with E-state index in [1.165, 1.54) is 4.90 Å². The van der Waals surface area contributed by atoms with Gasteiger partial charge in [-0.3, -0.25) is 15.2 Å². The molecule has 112 valence electrons. The first-order valence-corrected chi connectivity index (χ1v) is 7.02. The first-order valence-electron chi connectivity index (χ1n) is 7.02. The van der Waals surface area contributed by atoms with Crippen molar-refractivity contribution in [3.8, 4) is 5.69 Å². The molecule has 2 heterocycles. The number of carbonyl (C=O) groups excluding carboxylic acids is 1. The molecule has 1 aliphatic heterocycles. The average Bonchev–Trinajstić information content (AvgIpc) is 2.89. The molecule has 0 atom stereocenters. The number of aromatic nitrogens is 2. The number of benzene rings is 1. The number of aliphatic imine (C=N–C) groups is 1. The van der Waals surface area contributed by atoms with Crippen LogP contribution in [0.3, 0.4) is 0 Å². The van der Waals surface area contributed by atoms with E-state index in [1.54, 1.807) is 23.2 Å². The molecule has 6 heteroatoms. The Morgan fingerprint density at radius 1 is 1.27 bits per heavy atom. The molecule has 0 aliphatic carbocycles. The van der Waals surface area contributed by atoms with Gasteiger partial charge in [0.1, 0.15) is 12.5 Å². The number of amides is 2. The molecule has 1 aromatic heterocycles. The molecule has 0 saturated heterocycles. The molecule has 0 spiro atoms. The minimum atomic E-state index is -0.233. The Labute approximate surface area is 128 Å². The zero-order valence-corrected chi connectivity index (χ0v) is 12.5. The van der Waals surface area contributed by atoms with E-state index in [1.807, 2.05) is 44.2 Å². The topological polar surface area (TPSA) is 62.5 Å². The third-order valence-corrected chi connectivity index (χ3v) is 3.36. The van der Waals surface area contributed by atoms with Gasteiger partial charge in [0, 0.05) is 18.5 Å². The van der Waals surface area contributed by atoms with Crippen molar-refractivity contribution in [2.45, 2.75) is 13.8 Å². The smallest absolute Gasteiger partial charge is 0.292 e. The largest absolute Gasteiger partial charge is 0.328 e. The van der Waals surface area contributed by atoms with Gasteiger partial charge >= 0.3 is 6.03 Å². The standard InChI is InChI=1S/C16H17N5O/c1-12-6-3-4-7-14(12)21-15(10-13(2)19-21)18-16(22)20-9-5-8-17-11-20/h3-10H,11H2,1-2H3,(H,18,22). The zero-order valence-electron chi connectivity index (χ0n) is 12.5. The molecule has 6 nitrogen and oxygen atoms in total. The molecule has 2 aromatic rings. The number of aryl methyl sites for hydroxylation is 2. The Balaban J connectivity index is 1.89. The van der Waals surface area contributed by atoms with Gasteiger partial charge in [0.15, 0.2) is 0 Å². The lowest BCUT2D eigenvalue weighted by molar-refractivity contribution is 0.229. The number of nitrogens with zero attached hydrogens (tertiary/aromatic N) is 4. The number of hydrogen-bond donors (Lipinski definition) is 1. The molecule has 0 saturated carbocycles. The second-order valence-corrected chi connectivity index (χ2v) is 5.08. The van der Waals surface area contributed by atoms with Crippen LogP contribution in [-0.2, 0) is 0 Å². The van der Waals surface area contributed by atoms with E-state index in [4.69, 9.17) is 0 Å². The summed E-state index contributed by atoms with van der Waals surface area (Å²) >= 11 is 0. The van der Waals surface area contributed by atoms with Gasteiger partial charge in [-0.25, -0.2) is 9.48 Å². The van der Waals surface area contributed by atoms with Crippen LogP contribution >= 0.6 is 0 Å². The molecule has 0 bridgehead atoms. The minimum absolute atomic E-state index is 0.233. The molecule has 0 unspecified atom stereocenters. The van der Waals surface area contributed by atoms with Crippen LogP contribution in [0.4, 0.5) is 10.6 Å². The Morgan fingerprint density at radius 3 is 2.82 bits per heavy atom. The maximum Gasteiger partial charge on any atom is 0.328 e. The minimum Gasteiger partial charge on any atom is -0.292 e. The second-order valence-electron chi connectivity index (χ2n) is 5.08. The molecule has 22 heavy (non-hydrogen) atoms. The van der Waals surface area contributed by atoms with Crippen molar-refractivity contribution in [1.82, 2.24) is 14.7 Å². The van der Waals surface area contributed by atoms with Gasteiger partial charge in [-0.1, -0.05) is 18.2 Å². The Kier molecular flexibility index (Phi) is 3.74. The van der Waals surface area contributed by atoms with Gasteiger partial charge in [0.25, 0.3) is 0 Å². The molecular formula is C16H17N5O. The van der Waals surface area contributed by atoms with Crippen molar-refractivity contribution in [3.05, 3.63) is 53.9 Å². The number of carbonyl (C=O) groups is 1. The van der Waals surface area contributed by atoms with Crippen LogP contribution in [0.1, 0.15) is 11.3 Å². The average molecular weight is 295 g/mol. The van der Waals surface area contributed by atoms with E-state index in [2.05, 4.69) is 15.4 Å². The van der Waals surface area contributed by atoms with E-state index in [-0.39, 0.29) is 6.03 Å². The zero-order chi connectivity index (χ0) is 15.5. The van der Waals surface area contributed by atoms with Crippen LogP contribution in [0, 0.1) is 13.8 Å². The Bertz CT molecular complexity index is 760. The number of urea groups is 1. The molecule has 0 fully saturated rings. The Hall–Kier alpha value is -2.89. The van der Waals surface area contributed by atoms with Crippen molar-refractivity contribution in [2.24, 2.45) is 4.99 Å². The van der Waals surface area contributed by atoms with Crippen LogP contribution in [0.25, 0.3) is 5.69 Å². The van der Waals surface area contributed by atoms with Crippen LogP contribution in [0.5, 0.6) is 0 Å². The maximum absolute atomic E-state index is 12.3. The number of para-hydroxylation sites is 1. The van der Waals surface area contributed by atoms with Crippen molar-refractivity contribution in [2.75, 3.05) is 12.0 Å². The monoisotopic (exact) mass is 295 g/mol. The third kappa shape index (κ3) is 2.76. The predicted octanol–water partition coefficient (Wildman–Crippen LogP) is 2.88. The van der Waals surface area contributed by atoms with Gasteiger partial charge in [-0.2, -0.15) is 5.10 Å². The van der Waals surface area contributed by atoms with E-state index >= 15 is 0 Å². The lowest BCUT2D eigenvalue weighted by Crippen LogP contribution is -2.32. The van der Waals surface area contributed by atoms with Crippen LogP contribution in [0.2, 0.25) is 0 Å². The predicted molar refractivity (Wildman–Crippen MR) is 86.4 cm³/mol. The highest BCUT2D eigenvalue weighted by molar-refractivity contribution is 5.90. The van der Waals surface area contributed by atoms with Gasteiger partial charge in [-0.05, 0) is 31.6 Å². The van der Waals surface area contributed by atoms with Gasteiger partial charge < -0.3 is 0 Å². The number of hydrogen-bond acceptors (Lipinski definition) is 3. The van der Waals surface area contributed by atoms with Crippen molar-refractivity contribution >= 4 is 18.1 Å². The summed E-state index contributed by atoms with van der Waals surface area (Å²) in [6, 6.07) is 9.53. The van der Waals surface area contributed by atoms with E-state index in [0.29, 0.717) is 12.5 Å². The summed E-state index contributed by atoms with van der Waals surface area (Å²) in [5, 5.41) is 7.36. The normalized spacial score (nSPS) is 13.5. The van der Waals surface area contributed by atoms with E-state index in [9.17, 15) is 4.79 Å². The van der Waals surface area contributed by atoms with Crippen LogP contribution < -0.4 is 5.32 Å². The van der Waals surface area contributed by atoms with Gasteiger partial charge in [0.05, 0.1) is 11.4 Å². The fraction of sp³-hybridized carbons (Fsp3) is 0.188. The van der Waals surface area contributed by atoms with Crippen molar-refractivity contribution in [1.29, 1.82) is 0 Å². The molecule has 3 rings (SSSR count). The fourth-order valence-corrected chi connectivity index (χ4v) is 2.27. The van der Waals surface area contributed by atoms with Crippen molar-refractivity contribution in [3.63, 3.8) is 0 Å². The molecular weight excluding hydrogens is 278 g/mol. The lowest BCUT2D eigenvalue weighted by atomic mass is 10.2. The number of allylic oxidation sites excluding steroid dienone is 1. The SMILES string of the molecule is Cc1cc(NC(=O)N2C=CC=NC2)n(-c2ccccc2C)n1. The highest BCUT2D eigenvalue weighted by Gasteiger charge is 2.16. The lowest BCUT2D eigenvalue weighted by Gasteiger charge is -2.19. The molecule has 1 aliphatic rings. The highest BCUT2D eigenvalue weighted by atomic mass is 16.2. The van der Waals surface area contributed by atoms with Gasteiger partial charge in [0.2, 0.25) is 0 Å². The summed E-state index contributed by atoms with van der Waals surface area (Å²) in [5.41, 5.74) is 2.87. The quantitative estimate of drug-likeness (QED) is 0.926. The molecule has 1 aromatic carbocycles. The Morgan fingerprint density at radius 2 is 2.09 bits per heavy atom. The van der Waals surface area contributed by atoms with Crippen LogP contribution in [-0.4, -0.2) is 33.6 Å². The number of nitrogens with one attached hydrogen (secondary N) is 1. The third-order valence-electron chi connectivity index (χ3n) is 3.36. The highest BCUT2D eigenvalue weighted by Crippen LogP contribution is 2.20. The van der Waals surface area contributed by atoms with Crippen LogP contribution in [0.15, 0.2) is 47.6 Å². The summed E-state index contributed by atoms with van der Waals surface area (Å²) in [5.74, 6) is 0.639. The summed E-state index contributed by atoms with van der Waals surface area (Å²) < 4.78 is 1.75. The first-order chi connectivity index (χ1) is 10.6. The van der Waals surface area contributed by atoms with E-state index < -0.39 is 0 Å². The number of anilines is 1. The summed E-state index contributed by atoms with van der Waals surface area (Å²) in [6.07, 6.45) is 5.10. The summed E-state index contributed by atoms with van der Waals surface area (Å²) in [7, 11) is 0. The van der Waals surface area contributed by atoms with E-state index in [0.717, 1.165) is 16.9 Å². The summed E-state index contributed by atoms with van der Waals surface area (Å²) in [6.45, 7) is 4.23. The number of rotatable bonds is 2. The van der Waals surface area contributed by atoms with Crippen molar-refractivity contribution < 1.29 is 4.79 Å². The molecule has 2 amide bonds. The fourth-order valence-electron chi connectivity index (χ4n) is 2.27. The van der Waals surface area contributed by atoms with Gasteiger partial charge in [-0.15, -0.1) is 0 Å².